The maximum atomic E-state index is 14.1. The molecule has 2 aliphatic rings. The van der Waals surface area contributed by atoms with Gasteiger partial charge < -0.3 is 4.74 Å². The van der Waals surface area contributed by atoms with Crippen molar-refractivity contribution in [1.29, 1.82) is 0 Å². The minimum absolute atomic E-state index is 0.00155. The van der Waals surface area contributed by atoms with Gasteiger partial charge in [-0.05, 0) is 50.3 Å². The van der Waals surface area contributed by atoms with E-state index in [-0.39, 0.29) is 10.6 Å². The second-order valence-corrected chi connectivity index (χ2v) is 9.42. The minimum atomic E-state index is -3.68. The molecule has 0 bridgehead atoms. The van der Waals surface area contributed by atoms with Crippen molar-refractivity contribution in [2.75, 3.05) is 44.3 Å². The van der Waals surface area contributed by atoms with Crippen LogP contribution in [-0.4, -0.2) is 68.0 Å². The molecule has 0 aromatic heterocycles. The lowest BCUT2D eigenvalue weighted by atomic mass is 10.2. The van der Waals surface area contributed by atoms with Gasteiger partial charge in [0.2, 0.25) is 10.0 Å². The standard InChI is InChI=1S/C17H25FN2O3S2/c1-2-23-17-5-4-15(12-16(17)18)25(21,22)20-8-3-7-19(9-10-20)14-6-11-24-13-14/h4-5,12,14H,2-3,6-11,13H2,1H3. The Balaban J connectivity index is 1.72. The number of ether oxygens (including phenoxy) is 1. The summed E-state index contributed by atoms with van der Waals surface area (Å²) in [5.41, 5.74) is 0. The zero-order chi connectivity index (χ0) is 17.9. The molecular weight excluding hydrogens is 363 g/mol. The third kappa shape index (κ3) is 4.30. The summed E-state index contributed by atoms with van der Waals surface area (Å²) in [5.74, 6) is 1.77. The summed E-state index contributed by atoms with van der Waals surface area (Å²) in [6.45, 7) is 4.70. The van der Waals surface area contributed by atoms with Crippen LogP contribution >= 0.6 is 11.8 Å². The van der Waals surface area contributed by atoms with Gasteiger partial charge in [0.15, 0.2) is 11.6 Å². The first-order chi connectivity index (χ1) is 12.0. The van der Waals surface area contributed by atoms with E-state index in [2.05, 4.69) is 4.90 Å². The van der Waals surface area contributed by atoms with Crippen molar-refractivity contribution in [2.24, 2.45) is 0 Å². The number of hydrogen-bond donors (Lipinski definition) is 0. The summed E-state index contributed by atoms with van der Waals surface area (Å²) in [6.07, 6.45) is 1.99. The Labute approximate surface area is 153 Å². The molecule has 2 saturated heterocycles. The molecule has 0 saturated carbocycles. The molecule has 3 rings (SSSR count). The minimum Gasteiger partial charge on any atom is -0.491 e. The van der Waals surface area contributed by atoms with Gasteiger partial charge in [-0.2, -0.15) is 16.1 Å². The van der Waals surface area contributed by atoms with Crippen LogP contribution in [0, 0.1) is 5.82 Å². The van der Waals surface area contributed by atoms with Gasteiger partial charge in [0, 0.05) is 31.4 Å². The molecule has 2 fully saturated rings. The van der Waals surface area contributed by atoms with Crippen LogP contribution in [0.5, 0.6) is 5.75 Å². The Bertz CT molecular complexity index is 693. The van der Waals surface area contributed by atoms with Gasteiger partial charge in [0.05, 0.1) is 11.5 Å². The molecule has 0 amide bonds. The quantitative estimate of drug-likeness (QED) is 0.775. The Morgan fingerprint density at radius 2 is 2.12 bits per heavy atom. The van der Waals surface area contributed by atoms with E-state index in [0.29, 0.717) is 25.7 Å². The molecule has 25 heavy (non-hydrogen) atoms. The van der Waals surface area contributed by atoms with Crippen LogP contribution in [0.3, 0.4) is 0 Å². The van der Waals surface area contributed by atoms with Crippen molar-refractivity contribution in [3.05, 3.63) is 24.0 Å². The van der Waals surface area contributed by atoms with Crippen molar-refractivity contribution in [2.45, 2.75) is 30.7 Å². The van der Waals surface area contributed by atoms with Crippen LogP contribution in [-0.2, 0) is 10.0 Å². The van der Waals surface area contributed by atoms with Gasteiger partial charge in [-0.15, -0.1) is 0 Å². The fourth-order valence-electron chi connectivity index (χ4n) is 3.39. The molecule has 5 nitrogen and oxygen atoms in total. The summed E-state index contributed by atoms with van der Waals surface area (Å²) in [6, 6.07) is 4.46. The molecule has 2 aliphatic heterocycles. The summed E-state index contributed by atoms with van der Waals surface area (Å²) in [4.78, 5) is 2.41. The van der Waals surface area contributed by atoms with E-state index in [9.17, 15) is 12.8 Å². The van der Waals surface area contributed by atoms with Crippen LogP contribution in [0.4, 0.5) is 4.39 Å². The SMILES string of the molecule is CCOc1ccc(S(=O)(=O)N2CCCN(C3CCSC3)CC2)cc1F. The Kier molecular flexibility index (Phi) is 6.25. The monoisotopic (exact) mass is 388 g/mol. The maximum Gasteiger partial charge on any atom is 0.243 e. The molecule has 0 N–H and O–H groups in total. The number of halogens is 1. The average molecular weight is 389 g/mol. The van der Waals surface area contributed by atoms with Gasteiger partial charge in [-0.3, -0.25) is 4.90 Å². The van der Waals surface area contributed by atoms with Crippen LogP contribution < -0.4 is 4.74 Å². The van der Waals surface area contributed by atoms with Gasteiger partial charge >= 0.3 is 0 Å². The molecule has 140 valence electrons. The molecule has 2 heterocycles. The number of hydrogen-bond acceptors (Lipinski definition) is 5. The van der Waals surface area contributed by atoms with E-state index in [1.807, 2.05) is 11.8 Å². The normalized spacial score (nSPS) is 23.5. The maximum absolute atomic E-state index is 14.1. The van der Waals surface area contributed by atoms with Crippen LogP contribution in [0.2, 0.25) is 0 Å². The molecule has 1 aromatic carbocycles. The first-order valence-electron chi connectivity index (χ1n) is 8.76. The molecule has 0 aliphatic carbocycles. The van der Waals surface area contributed by atoms with E-state index in [1.54, 1.807) is 6.92 Å². The highest BCUT2D eigenvalue weighted by Crippen LogP contribution is 2.26. The second-order valence-electron chi connectivity index (χ2n) is 6.34. The van der Waals surface area contributed by atoms with Crippen LogP contribution in [0.1, 0.15) is 19.8 Å². The molecule has 1 atom stereocenters. The number of benzene rings is 1. The smallest absolute Gasteiger partial charge is 0.243 e. The third-order valence-corrected chi connectivity index (χ3v) is 7.79. The van der Waals surface area contributed by atoms with Crippen molar-refractivity contribution in [3.8, 4) is 5.75 Å². The highest BCUT2D eigenvalue weighted by Gasteiger charge is 2.30. The first-order valence-corrected chi connectivity index (χ1v) is 11.4. The topological polar surface area (TPSA) is 49.9 Å². The lowest BCUT2D eigenvalue weighted by Gasteiger charge is -2.26. The number of rotatable bonds is 5. The number of sulfonamides is 1. The number of thioether (sulfide) groups is 1. The Hall–Kier alpha value is -0.830. The highest BCUT2D eigenvalue weighted by atomic mass is 32.2. The van der Waals surface area contributed by atoms with E-state index in [4.69, 9.17) is 4.74 Å². The van der Waals surface area contributed by atoms with Gasteiger partial charge in [-0.1, -0.05) is 0 Å². The van der Waals surface area contributed by atoms with E-state index >= 15 is 0 Å². The fraction of sp³-hybridized carbons (Fsp3) is 0.647. The van der Waals surface area contributed by atoms with Crippen molar-refractivity contribution < 1.29 is 17.5 Å². The zero-order valence-corrected chi connectivity index (χ0v) is 16.1. The largest absolute Gasteiger partial charge is 0.491 e. The Morgan fingerprint density at radius 1 is 1.28 bits per heavy atom. The van der Waals surface area contributed by atoms with Crippen LogP contribution in [0.25, 0.3) is 0 Å². The van der Waals surface area contributed by atoms with Gasteiger partial charge in [-0.25, -0.2) is 12.8 Å². The predicted octanol–water partition coefficient (Wildman–Crippen LogP) is 2.43. The van der Waals surface area contributed by atoms with E-state index in [1.165, 1.54) is 28.6 Å². The molecule has 8 heteroatoms. The van der Waals surface area contributed by atoms with Gasteiger partial charge in [0.25, 0.3) is 0 Å². The molecule has 1 aromatic rings. The first kappa shape index (κ1) is 18.9. The van der Waals surface area contributed by atoms with E-state index in [0.717, 1.165) is 31.3 Å². The van der Waals surface area contributed by atoms with Crippen LogP contribution in [0.15, 0.2) is 23.1 Å². The lowest BCUT2D eigenvalue weighted by molar-refractivity contribution is 0.223. The predicted molar refractivity (Wildman–Crippen MR) is 98.2 cm³/mol. The second kappa shape index (κ2) is 8.24. The summed E-state index contributed by atoms with van der Waals surface area (Å²) in [5, 5.41) is 0. The summed E-state index contributed by atoms with van der Waals surface area (Å²) < 4.78 is 46.5. The highest BCUT2D eigenvalue weighted by molar-refractivity contribution is 7.99. The summed E-state index contributed by atoms with van der Waals surface area (Å²) >= 11 is 1.97. The Morgan fingerprint density at radius 3 is 2.80 bits per heavy atom. The zero-order valence-electron chi connectivity index (χ0n) is 14.5. The van der Waals surface area contributed by atoms with Gasteiger partial charge in [0.1, 0.15) is 0 Å². The molecule has 1 unspecified atom stereocenters. The molecule has 0 radical (unpaired) electrons. The van der Waals surface area contributed by atoms with Crippen molar-refractivity contribution in [3.63, 3.8) is 0 Å². The molecular formula is C17H25FN2O3S2. The lowest BCUT2D eigenvalue weighted by Crippen LogP contribution is -2.39. The van der Waals surface area contributed by atoms with Crippen molar-refractivity contribution in [1.82, 2.24) is 9.21 Å². The number of nitrogens with zero attached hydrogens (tertiary/aromatic N) is 2. The van der Waals surface area contributed by atoms with E-state index < -0.39 is 15.8 Å². The molecule has 0 spiro atoms. The third-order valence-electron chi connectivity index (χ3n) is 4.75. The average Bonchev–Trinajstić information content (AvgIpc) is 3.00. The van der Waals surface area contributed by atoms with Crippen molar-refractivity contribution >= 4 is 21.8 Å². The summed E-state index contributed by atoms with van der Waals surface area (Å²) in [7, 11) is -3.68. The fourth-order valence-corrected chi connectivity index (χ4v) is 6.13.